The monoisotopic (exact) mass is 195 g/mol. The molecule has 5 N–H and O–H groups in total. The van der Waals surface area contributed by atoms with Gasteiger partial charge in [0.05, 0.1) is 6.20 Å². The summed E-state index contributed by atoms with van der Waals surface area (Å²) < 4.78 is 0. The van der Waals surface area contributed by atoms with E-state index in [9.17, 15) is 4.79 Å². The molecule has 0 atom stereocenters. The van der Waals surface area contributed by atoms with E-state index in [4.69, 9.17) is 5.73 Å². The Labute approximate surface area is 81.2 Å². The molecular formula is C8H13N5O. The van der Waals surface area contributed by atoms with Gasteiger partial charge in [0.25, 0.3) is 0 Å². The zero-order chi connectivity index (χ0) is 9.97. The fourth-order valence-electron chi connectivity index (χ4n) is 1.14. The Kier molecular flexibility index (Phi) is 2.36. The molecule has 1 aromatic rings. The topological polar surface area (TPSA) is 95.8 Å². The molecule has 0 bridgehead atoms. The molecule has 1 aromatic heterocycles. The second-order valence-corrected chi connectivity index (χ2v) is 3.35. The Bertz CT molecular complexity index is 330. The number of anilines is 1. The number of hydrogen-bond acceptors (Lipinski definition) is 3. The van der Waals surface area contributed by atoms with E-state index in [0.29, 0.717) is 18.4 Å². The Morgan fingerprint density at radius 3 is 3.14 bits per heavy atom. The van der Waals surface area contributed by atoms with Gasteiger partial charge in [0.15, 0.2) is 0 Å². The van der Waals surface area contributed by atoms with E-state index in [2.05, 4.69) is 20.8 Å². The first-order chi connectivity index (χ1) is 6.79. The van der Waals surface area contributed by atoms with Gasteiger partial charge in [0.1, 0.15) is 5.82 Å². The van der Waals surface area contributed by atoms with E-state index in [1.807, 2.05) is 0 Å². The number of hydrogen-bond donors (Lipinski definition) is 4. The Morgan fingerprint density at radius 2 is 2.50 bits per heavy atom. The number of H-pyrrole nitrogens is 1. The van der Waals surface area contributed by atoms with Gasteiger partial charge in [-0.25, -0.2) is 4.79 Å². The number of nitrogens with zero attached hydrogens (tertiary/aromatic N) is 1. The van der Waals surface area contributed by atoms with Crippen LogP contribution in [0.1, 0.15) is 18.4 Å². The van der Waals surface area contributed by atoms with Gasteiger partial charge >= 0.3 is 6.03 Å². The fraction of sp³-hybridized carbons (Fsp3) is 0.500. The van der Waals surface area contributed by atoms with Gasteiger partial charge in [0, 0.05) is 18.2 Å². The van der Waals surface area contributed by atoms with Crippen molar-refractivity contribution >= 4 is 11.8 Å². The van der Waals surface area contributed by atoms with E-state index < -0.39 is 0 Å². The molecule has 0 spiro atoms. The molecule has 2 rings (SSSR count). The summed E-state index contributed by atoms with van der Waals surface area (Å²) in [5.74, 6) is 0.575. The molecule has 1 fully saturated rings. The molecule has 6 heteroatoms. The standard InChI is InChI=1S/C8H13N5O/c9-3-5-4-10-13-7(5)12-8(14)11-6-1-2-6/h4,6H,1-3,9H2,(H3,10,11,12,13,14). The molecule has 1 heterocycles. The first kappa shape index (κ1) is 9.01. The lowest BCUT2D eigenvalue weighted by molar-refractivity contribution is 0.251. The Hall–Kier alpha value is -1.56. The smallest absolute Gasteiger partial charge is 0.320 e. The quantitative estimate of drug-likeness (QED) is 0.553. The van der Waals surface area contributed by atoms with Crippen LogP contribution < -0.4 is 16.4 Å². The van der Waals surface area contributed by atoms with Crippen molar-refractivity contribution in [2.45, 2.75) is 25.4 Å². The largest absolute Gasteiger partial charge is 0.335 e. The summed E-state index contributed by atoms with van der Waals surface area (Å²) in [6.45, 7) is 0.357. The number of amides is 2. The highest BCUT2D eigenvalue weighted by Gasteiger charge is 2.23. The van der Waals surface area contributed by atoms with Crippen molar-refractivity contribution in [1.82, 2.24) is 15.5 Å². The van der Waals surface area contributed by atoms with Crippen molar-refractivity contribution < 1.29 is 4.79 Å². The van der Waals surface area contributed by atoms with Gasteiger partial charge in [-0.2, -0.15) is 5.10 Å². The van der Waals surface area contributed by atoms with E-state index >= 15 is 0 Å². The zero-order valence-electron chi connectivity index (χ0n) is 7.71. The number of nitrogens with two attached hydrogens (primary N) is 1. The molecule has 0 saturated heterocycles. The van der Waals surface area contributed by atoms with Gasteiger partial charge in [-0.15, -0.1) is 0 Å². The molecular weight excluding hydrogens is 182 g/mol. The highest BCUT2D eigenvalue weighted by atomic mass is 16.2. The molecule has 14 heavy (non-hydrogen) atoms. The third-order valence-corrected chi connectivity index (χ3v) is 2.09. The maximum atomic E-state index is 11.3. The van der Waals surface area contributed by atoms with Gasteiger partial charge < -0.3 is 11.1 Å². The number of nitrogens with one attached hydrogen (secondary N) is 3. The van der Waals surface area contributed by atoms with Crippen LogP contribution in [0.5, 0.6) is 0 Å². The van der Waals surface area contributed by atoms with Gasteiger partial charge in [-0.05, 0) is 12.8 Å². The summed E-state index contributed by atoms with van der Waals surface area (Å²) in [7, 11) is 0. The lowest BCUT2D eigenvalue weighted by Gasteiger charge is -2.05. The third kappa shape index (κ3) is 2.02. The van der Waals surface area contributed by atoms with Crippen LogP contribution in [0.2, 0.25) is 0 Å². The summed E-state index contributed by atoms with van der Waals surface area (Å²) in [6, 6.07) is 0.144. The summed E-state index contributed by atoms with van der Waals surface area (Å²) in [4.78, 5) is 11.3. The molecule has 0 radical (unpaired) electrons. The lowest BCUT2D eigenvalue weighted by Crippen LogP contribution is -2.30. The van der Waals surface area contributed by atoms with E-state index in [0.717, 1.165) is 18.4 Å². The van der Waals surface area contributed by atoms with Crippen LogP contribution in [0.4, 0.5) is 10.6 Å². The number of urea groups is 1. The molecule has 0 aromatic carbocycles. The fourth-order valence-corrected chi connectivity index (χ4v) is 1.14. The van der Waals surface area contributed by atoms with Crippen LogP contribution in [0, 0.1) is 0 Å². The highest BCUT2D eigenvalue weighted by molar-refractivity contribution is 5.89. The van der Waals surface area contributed by atoms with Crippen LogP contribution in [0.25, 0.3) is 0 Å². The number of aromatic amines is 1. The maximum Gasteiger partial charge on any atom is 0.320 e. The minimum absolute atomic E-state index is 0.202. The van der Waals surface area contributed by atoms with Gasteiger partial charge in [-0.1, -0.05) is 0 Å². The predicted molar refractivity (Wildman–Crippen MR) is 51.7 cm³/mol. The van der Waals surface area contributed by atoms with Gasteiger partial charge in [0.2, 0.25) is 0 Å². The van der Waals surface area contributed by atoms with Crippen molar-refractivity contribution in [2.75, 3.05) is 5.32 Å². The van der Waals surface area contributed by atoms with Crippen molar-refractivity contribution in [3.05, 3.63) is 11.8 Å². The Morgan fingerprint density at radius 1 is 1.71 bits per heavy atom. The highest BCUT2D eigenvalue weighted by Crippen LogP contribution is 2.18. The van der Waals surface area contributed by atoms with E-state index in [1.165, 1.54) is 0 Å². The van der Waals surface area contributed by atoms with Crippen LogP contribution in [0.3, 0.4) is 0 Å². The molecule has 76 valence electrons. The van der Waals surface area contributed by atoms with Crippen LogP contribution in [-0.2, 0) is 6.54 Å². The summed E-state index contributed by atoms with van der Waals surface area (Å²) in [6.07, 6.45) is 3.74. The first-order valence-corrected chi connectivity index (χ1v) is 4.59. The van der Waals surface area contributed by atoms with Crippen molar-refractivity contribution in [3.63, 3.8) is 0 Å². The first-order valence-electron chi connectivity index (χ1n) is 4.59. The summed E-state index contributed by atoms with van der Waals surface area (Å²) in [5.41, 5.74) is 6.25. The number of aromatic nitrogens is 2. The maximum absolute atomic E-state index is 11.3. The van der Waals surface area contributed by atoms with Gasteiger partial charge in [-0.3, -0.25) is 10.4 Å². The molecule has 6 nitrogen and oxygen atoms in total. The van der Waals surface area contributed by atoms with Crippen molar-refractivity contribution in [1.29, 1.82) is 0 Å². The third-order valence-electron chi connectivity index (χ3n) is 2.09. The second kappa shape index (κ2) is 3.67. The van der Waals surface area contributed by atoms with Crippen LogP contribution >= 0.6 is 0 Å². The average Bonchev–Trinajstić information content (AvgIpc) is 2.84. The van der Waals surface area contributed by atoms with E-state index in [-0.39, 0.29) is 6.03 Å². The van der Waals surface area contributed by atoms with E-state index in [1.54, 1.807) is 6.20 Å². The summed E-state index contributed by atoms with van der Waals surface area (Å²) >= 11 is 0. The summed E-state index contributed by atoms with van der Waals surface area (Å²) in [5, 5.41) is 11.9. The minimum atomic E-state index is -0.202. The number of carbonyl (C=O) groups is 1. The number of rotatable bonds is 3. The molecule has 1 aliphatic carbocycles. The zero-order valence-corrected chi connectivity index (χ0v) is 7.71. The SMILES string of the molecule is NCc1cn[nH]c1NC(=O)NC1CC1. The lowest BCUT2D eigenvalue weighted by atomic mass is 10.3. The molecule has 1 aliphatic rings. The minimum Gasteiger partial charge on any atom is -0.335 e. The van der Waals surface area contributed by atoms with Crippen LogP contribution in [0.15, 0.2) is 6.20 Å². The van der Waals surface area contributed by atoms with Crippen molar-refractivity contribution in [2.24, 2.45) is 5.73 Å². The molecule has 0 unspecified atom stereocenters. The molecule has 2 amide bonds. The Balaban J connectivity index is 1.91. The van der Waals surface area contributed by atoms with Crippen molar-refractivity contribution in [3.8, 4) is 0 Å². The number of carbonyl (C=O) groups excluding carboxylic acids is 1. The normalized spacial score (nSPS) is 15.2. The second-order valence-electron chi connectivity index (χ2n) is 3.35. The van der Waals surface area contributed by atoms with Crippen LogP contribution in [-0.4, -0.2) is 22.3 Å². The molecule has 0 aliphatic heterocycles. The average molecular weight is 195 g/mol. The predicted octanol–water partition coefficient (Wildman–Crippen LogP) is 0.152. The molecule has 1 saturated carbocycles.